The average molecular weight is 366 g/mol. The van der Waals surface area contributed by atoms with Gasteiger partial charge in [0.15, 0.2) is 0 Å². The van der Waals surface area contributed by atoms with Crippen molar-refractivity contribution in [2.24, 2.45) is 5.73 Å². The summed E-state index contributed by atoms with van der Waals surface area (Å²) in [6.07, 6.45) is 4.47. The predicted molar refractivity (Wildman–Crippen MR) is 95.9 cm³/mol. The number of methoxy groups -OCH3 is 1. The van der Waals surface area contributed by atoms with Crippen molar-refractivity contribution >= 4 is 35.6 Å². The third-order valence-corrected chi connectivity index (χ3v) is 3.81. The highest BCUT2D eigenvalue weighted by Gasteiger charge is 2.46. The molecule has 1 aliphatic carbocycles. The van der Waals surface area contributed by atoms with Gasteiger partial charge in [0, 0.05) is 11.9 Å². The largest absolute Gasteiger partial charge is 0.497 e. The fourth-order valence-electron chi connectivity index (χ4n) is 2.15. The van der Waals surface area contributed by atoms with E-state index in [0.29, 0.717) is 30.0 Å². The van der Waals surface area contributed by atoms with Gasteiger partial charge in [-0.25, -0.2) is 0 Å². The zero-order chi connectivity index (χ0) is 17.2. The summed E-state index contributed by atoms with van der Waals surface area (Å²) in [6, 6.07) is 7.03. The Morgan fingerprint density at radius 2 is 1.92 bits per heavy atom. The molecule has 0 saturated heterocycles. The molecule has 1 fully saturated rings. The highest BCUT2D eigenvalue weighted by atomic mass is 35.5. The monoisotopic (exact) mass is 365 g/mol. The molecule has 1 heterocycles. The molecule has 0 aliphatic heterocycles. The number of halogens is 1. The number of anilines is 2. The van der Waals surface area contributed by atoms with Gasteiger partial charge in [0.1, 0.15) is 12.3 Å². The minimum atomic E-state index is -0.742. The van der Waals surface area contributed by atoms with Crippen LogP contribution in [0.2, 0.25) is 0 Å². The Hall–Kier alpha value is -2.58. The number of benzene rings is 1. The average Bonchev–Trinajstić information content (AvgIpc) is 3.17. The molecule has 1 aromatic heterocycles. The first-order valence-electron chi connectivity index (χ1n) is 7.55. The first kappa shape index (κ1) is 18.8. The fourth-order valence-corrected chi connectivity index (χ4v) is 2.15. The summed E-state index contributed by atoms with van der Waals surface area (Å²) in [7, 11) is 1.58. The van der Waals surface area contributed by atoms with Crippen molar-refractivity contribution in [1.82, 2.24) is 9.78 Å². The van der Waals surface area contributed by atoms with Gasteiger partial charge in [-0.2, -0.15) is 5.10 Å². The Labute approximate surface area is 151 Å². The Kier molecular flexibility index (Phi) is 5.66. The maximum atomic E-state index is 12.0. The number of nitrogens with two attached hydrogens (primary N) is 1. The standard InChI is InChI=1S/C16H19N5O3.ClH/c1-24-13-4-2-11(3-5-13)19-14(22)10-21-9-12(8-18-21)20-15(23)16(17)6-7-16;/h2-5,8-9H,6-7,10,17H2,1H3,(H,19,22)(H,20,23);1H. The third kappa shape index (κ3) is 4.71. The van der Waals surface area contributed by atoms with Crippen LogP contribution in [0.25, 0.3) is 0 Å². The molecule has 25 heavy (non-hydrogen) atoms. The van der Waals surface area contributed by atoms with Gasteiger partial charge in [0.05, 0.1) is 24.5 Å². The number of nitrogens with zero attached hydrogens (tertiary/aromatic N) is 2. The van der Waals surface area contributed by atoms with Crippen LogP contribution in [-0.4, -0.2) is 34.2 Å². The van der Waals surface area contributed by atoms with Gasteiger partial charge in [-0.15, -0.1) is 12.4 Å². The fraction of sp³-hybridized carbons (Fsp3) is 0.312. The van der Waals surface area contributed by atoms with Gasteiger partial charge in [-0.05, 0) is 37.1 Å². The Morgan fingerprint density at radius 3 is 2.52 bits per heavy atom. The summed E-state index contributed by atoms with van der Waals surface area (Å²) >= 11 is 0. The van der Waals surface area contributed by atoms with Crippen molar-refractivity contribution in [2.45, 2.75) is 24.9 Å². The molecule has 134 valence electrons. The van der Waals surface area contributed by atoms with E-state index in [9.17, 15) is 9.59 Å². The molecular weight excluding hydrogens is 346 g/mol. The second kappa shape index (κ2) is 7.54. The van der Waals surface area contributed by atoms with Gasteiger partial charge in [0.25, 0.3) is 0 Å². The van der Waals surface area contributed by atoms with Crippen molar-refractivity contribution in [2.75, 3.05) is 17.7 Å². The molecular formula is C16H20ClN5O3. The molecule has 2 amide bonds. The summed E-state index contributed by atoms with van der Waals surface area (Å²) < 4.78 is 6.51. The lowest BCUT2D eigenvalue weighted by Gasteiger charge is -2.08. The first-order chi connectivity index (χ1) is 11.5. The number of rotatable bonds is 6. The smallest absolute Gasteiger partial charge is 0.246 e. The van der Waals surface area contributed by atoms with Crippen molar-refractivity contribution in [1.29, 1.82) is 0 Å². The summed E-state index contributed by atoms with van der Waals surface area (Å²) in [5.41, 5.74) is 6.27. The highest BCUT2D eigenvalue weighted by Crippen LogP contribution is 2.33. The van der Waals surface area contributed by atoms with Gasteiger partial charge in [0.2, 0.25) is 11.8 Å². The van der Waals surface area contributed by atoms with Crippen LogP contribution in [0.3, 0.4) is 0 Å². The molecule has 8 nitrogen and oxygen atoms in total. The van der Waals surface area contributed by atoms with Gasteiger partial charge < -0.3 is 21.1 Å². The van der Waals surface area contributed by atoms with E-state index in [1.165, 1.54) is 10.9 Å². The summed E-state index contributed by atoms with van der Waals surface area (Å²) in [5, 5.41) is 9.53. The maximum absolute atomic E-state index is 12.0. The van der Waals surface area contributed by atoms with Gasteiger partial charge in [-0.1, -0.05) is 0 Å². The lowest BCUT2D eigenvalue weighted by atomic mass is 10.3. The molecule has 3 rings (SSSR count). The molecule has 0 bridgehead atoms. The van der Waals surface area contributed by atoms with Gasteiger partial charge >= 0.3 is 0 Å². The van der Waals surface area contributed by atoms with Crippen LogP contribution in [0.5, 0.6) is 5.75 Å². The molecule has 0 spiro atoms. The number of aromatic nitrogens is 2. The molecule has 1 aromatic carbocycles. The van der Waals surface area contributed by atoms with Crippen LogP contribution in [0, 0.1) is 0 Å². The summed E-state index contributed by atoms with van der Waals surface area (Å²) in [5.74, 6) is 0.275. The number of carbonyl (C=O) groups excluding carboxylic acids is 2. The van der Waals surface area contributed by atoms with Crippen LogP contribution in [0.4, 0.5) is 11.4 Å². The Balaban J connectivity index is 0.00000225. The van der Waals surface area contributed by atoms with Crippen LogP contribution < -0.4 is 21.1 Å². The predicted octanol–water partition coefficient (Wildman–Crippen LogP) is 1.38. The molecule has 9 heteroatoms. The lowest BCUT2D eigenvalue weighted by Crippen LogP contribution is -2.37. The minimum absolute atomic E-state index is 0. The van der Waals surface area contributed by atoms with E-state index in [4.69, 9.17) is 10.5 Å². The van der Waals surface area contributed by atoms with E-state index >= 15 is 0 Å². The van der Waals surface area contributed by atoms with Crippen LogP contribution in [0.1, 0.15) is 12.8 Å². The quantitative estimate of drug-likeness (QED) is 0.716. The van der Waals surface area contributed by atoms with E-state index in [-0.39, 0.29) is 30.8 Å². The second-order valence-electron chi connectivity index (χ2n) is 5.81. The Bertz CT molecular complexity index is 755. The van der Waals surface area contributed by atoms with E-state index in [2.05, 4.69) is 15.7 Å². The van der Waals surface area contributed by atoms with Crippen molar-refractivity contribution in [3.05, 3.63) is 36.7 Å². The first-order valence-corrected chi connectivity index (χ1v) is 7.55. The molecule has 2 aromatic rings. The van der Waals surface area contributed by atoms with E-state index in [0.717, 1.165) is 0 Å². The molecule has 1 saturated carbocycles. The number of carbonyl (C=O) groups is 2. The van der Waals surface area contributed by atoms with Gasteiger partial charge in [-0.3, -0.25) is 14.3 Å². The Morgan fingerprint density at radius 1 is 1.24 bits per heavy atom. The summed E-state index contributed by atoms with van der Waals surface area (Å²) in [4.78, 5) is 23.9. The normalized spacial score (nSPS) is 14.2. The SMILES string of the molecule is COc1ccc(NC(=O)Cn2cc(NC(=O)C3(N)CC3)cn2)cc1.Cl. The topological polar surface area (TPSA) is 111 Å². The zero-order valence-corrected chi connectivity index (χ0v) is 14.5. The number of amides is 2. The molecule has 0 atom stereocenters. The minimum Gasteiger partial charge on any atom is -0.497 e. The molecule has 0 radical (unpaired) electrons. The molecule has 4 N–H and O–H groups in total. The molecule has 1 aliphatic rings. The number of nitrogens with one attached hydrogen (secondary N) is 2. The van der Waals surface area contributed by atoms with Crippen LogP contribution in [-0.2, 0) is 16.1 Å². The third-order valence-electron chi connectivity index (χ3n) is 3.81. The van der Waals surface area contributed by atoms with Crippen molar-refractivity contribution in [3.8, 4) is 5.75 Å². The van der Waals surface area contributed by atoms with E-state index in [1.807, 2.05) is 0 Å². The number of hydrogen-bond donors (Lipinski definition) is 3. The lowest BCUT2D eigenvalue weighted by molar-refractivity contribution is -0.118. The summed E-state index contributed by atoms with van der Waals surface area (Å²) in [6.45, 7) is 0.0374. The highest BCUT2D eigenvalue weighted by molar-refractivity contribution is 5.99. The van der Waals surface area contributed by atoms with Crippen LogP contribution >= 0.6 is 12.4 Å². The van der Waals surface area contributed by atoms with E-state index < -0.39 is 5.54 Å². The molecule has 0 unspecified atom stereocenters. The second-order valence-corrected chi connectivity index (χ2v) is 5.81. The number of ether oxygens (including phenoxy) is 1. The zero-order valence-electron chi connectivity index (χ0n) is 13.7. The van der Waals surface area contributed by atoms with E-state index in [1.54, 1.807) is 37.6 Å². The van der Waals surface area contributed by atoms with Crippen LogP contribution in [0.15, 0.2) is 36.7 Å². The van der Waals surface area contributed by atoms with Crippen molar-refractivity contribution < 1.29 is 14.3 Å². The number of hydrogen-bond acceptors (Lipinski definition) is 5. The van der Waals surface area contributed by atoms with Crippen molar-refractivity contribution in [3.63, 3.8) is 0 Å². The maximum Gasteiger partial charge on any atom is 0.246 e.